The SMILES string of the molecule is CCOC[C@]1(OC(=O)c2ccc(C(C)(C)C)cc2)[C@@H](OC)O[C@H](COCc2ccccc2)[C@H]1OCc1ccccc1. The number of esters is 1. The van der Waals surface area contributed by atoms with E-state index < -0.39 is 30.1 Å². The maximum Gasteiger partial charge on any atom is 0.339 e. The zero-order valence-electron chi connectivity index (χ0n) is 24.7. The molecule has 0 radical (unpaired) electrons. The van der Waals surface area contributed by atoms with Crippen molar-refractivity contribution in [2.75, 3.05) is 26.9 Å². The minimum Gasteiger partial charge on any atom is -0.445 e. The molecule has 0 amide bonds. The first kappa shape index (κ1) is 30.9. The van der Waals surface area contributed by atoms with Crippen LogP contribution in [-0.4, -0.2) is 57.0 Å². The van der Waals surface area contributed by atoms with E-state index in [1.165, 1.54) is 7.11 Å². The Labute approximate surface area is 243 Å². The van der Waals surface area contributed by atoms with Gasteiger partial charge in [0.05, 0.1) is 32.0 Å². The molecular formula is C34H42O7. The van der Waals surface area contributed by atoms with E-state index in [-0.39, 0.29) is 25.2 Å². The van der Waals surface area contributed by atoms with Crippen LogP contribution in [0.4, 0.5) is 0 Å². The largest absolute Gasteiger partial charge is 0.445 e. The summed E-state index contributed by atoms with van der Waals surface area (Å²) in [5, 5.41) is 0. The highest BCUT2D eigenvalue weighted by molar-refractivity contribution is 5.89. The van der Waals surface area contributed by atoms with Gasteiger partial charge in [0.2, 0.25) is 11.9 Å². The van der Waals surface area contributed by atoms with Gasteiger partial charge in [0.15, 0.2) is 0 Å². The van der Waals surface area contributed by atoms with Crippen LogP contribution in [-0.2, 0) is 47.0 Å². The average Bonchev–Trinajstić information content (AvgIpc) is 3.27. The van der Waals surface area contributed by atoms with Crippen LogP contribution in [0.25, 0.3) is 0 Å². The molecule has 4 rings (SSSR count). The third kappa shape index (κ3) is 7.82. The second-order valence-corrected chi connectivity index (χ2v) is 11.3. The minimum absolute atomic E-state index is 0.0302. The van der Waals surface area contributed by atoms with Crippen LogP contribution >= 0.6 is 0 Å². The summed E-state index contributed by atoms with van der Waals surface area (Å²) >= 11 is 0. The summed E-state index contributed by atoms with van der Waals surface area (Å²) in [7, 11) is 1.53. The highest BCUT2D eigenvalue weighted by atomic mass is 16.7. The van der Waals surface area contributed by atoms with Crippen molar-refractivity contribution in [1.29, 1.82) is 0 Å². The molecule has 41 heavy (non-hydrogen) atoms. The molecule has 4 atom stereocenters. The fourth-order valence-corrected chi connectivity index (χ4v) is 4.94. The van der Waals surface area contributed by atoms with Crippen LogP contribution in [0, 0.1) is 0 Å². The van der Waals surface area contributed by atoms with E-state index in [9.17, 15) is 4.79 Å². The van der Waals surface area contributed by atoms with Crippen molar-refractivity contribution in [2.45, 2.75) is 70.4 Å². The summed E-state index contributed by atoms with van der Waals surface area (Å²) < 4.78 is 36.9. The van der Waals surface area contributed by atoms with Crippen LogP contribution in [0.3, 0.4) is 0 Å². The first-order valence-electron chi connectivity index (χ1n) is 14.1. The predicted molar refractivity (Wildman–Crippen MR) is 157 cm³/mol. The van der Waals surface area contributed by atoms with Gasteiger partial charge < -0.3 is 28.4 Å². The van der Waals surface area contributed by atoms with E-state index in [2.05, 4.69) is 20.8 Å². The summed E-state index contributed by atoms with van der Waals surface area (Å²) in [6, 6.07) is 27.2. The number of rotatable bonds is 13. The topological polar surface area (TPSA) is 72.5 Å². The van der Waals surface area contributed by atoms with Crippen molar-refractivity contribution in [3.05, 3.63) is 107 Å². The van der Waals surface area contributed by atoms with Crippen LogP contribution in [0.15, 0.2) is 84.9 Å². The Morgan fingerprint density at radius 2 is 1.46 bits per heavy atom. The molecule has 0 unspecified atom stereocenters. The molecule has 3 aromatic rings. The van der Waals surface area contributed by atoms with E-state index in [4.69, 9.17) is 28.4 Å². The summed E-state index contributed by atoms with van der Waals surface area (Å²) in [6.45, 7) is 9.62. The summed E-state index contributed by atoms with van der Waals surface area (Å²) in [4.78, 5) is 13.6. The van der Waals surface area contributed by atoms with E-state index in [1.54, 1.807) is 12.1 Å². The fraction of sp³-hybridized carbons (Fsp3) is 0.441. The number of carbonyl (C=O) groups is 1. The van der Waals surface area contributed by atoms with Gasteiger partial charge in [-0.25, -0.2) is 4.79 Å². The van der Waals surface area contributed by atoms with Crippen LogP contribution in [0.1, 0.15) is 54.7 Å². The Morgan fingerprint density at radius 1 is 0.854 bits per heavy atom. The van der Waals surface area contributed by atoms with Gasteiger partial charge in [0.25, 0.3) is 0 Å². The molecule has 1 fully saturated rings. The molecule has 1 aliphatic rings. The van der Waals surface area contributed by atoms with E-state index in [1.807, 2.05) is 79.7 Å². The van der Waals surface area contributed by atoms with E-state index in [0.29, 0.717) is 18.8 Å². The van der Waals surface area contributed by atoms with Crippen molar-refractivity contribution in [2.24, 2.45) is 0 Å². The highest BCUT2D eigenvalue weighted by Crippen LogP contribution is 2.39. The third-order valence-electron chi connectivity index (χ3n) is 7.20. The van der Waals surface area contributed by atoms with E-state index >= 15 is 0 Å². The highest BCUT2D eigenvalue weighted by Gasteiger charge is 2.61. The van der Waals surface area contributed by atoms with Gasteiger partial charge in [0, 0.05) is 13.7 Å². The molecule has 1 saturated heterocycles. The van der Waals surface area contributed by atoms with Gasteiger partial charge in [-0.3, -0.25) is 0 Å². The molecular weight excluding hydrogens is 520 g/mol. The van der Waals surface area contributed by atoms with Gasteiger partial charge >= 0.3 is 5.97 Å². The second kappa shape index (κ2) is 14.2. The standard InChI is InChI=1S/C34H42O7/c1-6-37-24-34(41-31(35)27-17-19-28(20-18-27)33(2,3)4)30(39-22-26-15-11-8-12-16-26)29(40-32(34)36-5)23-38-21-25-13-9-7-10-14-25/h7-20,29-30,32H,6,21-24H2,1-5H3/t29-,30-,32+,34-/m1/s1. The number of hydrogen-bond acceptors (Lipinski definition) is 7. The molecule has 220 valence electrons. The van der Waals surface area contributed by atoms with Crippen molar-refractivity contribution >= 4 is 5.97 Å². The first-order chi connectivity index (χ1) is 19.8. The quantitative estimate of drug-likeness (QED) is 0.234. The maximum atomic E-state index is 13.6. The Balaban J connectivity index is 1.62. The minimum atomic E-state index is -1.37. The van der Waals surface area contributed by atoms with Crippen LogP contribution < -0.4 is 0 Å². The number of methoxy groups -OCH3 is 1. The van der Waals surface area contributed by atoms with Gasteiger partial charge in [-0.15, -0.1) is 0 Å². The van der Waals surface area contributed by atoms with Gasteiger partial charge in [-0.05, 0) is 41.2 Å². The Morgan fingerprint density at radius 3 is 2.02 bits per heavy atom. The Hall–Kier alpha value is -3.07. The number of benzene rings is 3. The van der Waals surface area contributed by atoms with Crippen molar-refractivity contribution < 1.29 is 33.2 Å². The average molecular weight is 563 g/mol. The molecule has 0 N–H and O–H groups in total. The first-order valence-corrected chi connectivity index (χ1v) is 14.1. The van der Waals surface area contributed by atoms with Crippen molar-refractivity contribution in [3.8, 4) is 0 Å². The fourth-order valence-electron chi connectivity index (χ4n) is 4.94. The molecule has 0 bridgehead atoms. The van der Waals surface area contributed by atoms with Crippen LogP contribution in [0.2, 0.25) is 0 Å². The smallest absolute Gasteiger partial charge is 0.339 e. The molecule has 3 aromatic carbocycles. The Kier molecular flexibility index (Phi) is 10.7. The van der Waals surface area contributed by atoms with E-state index in [0.717, 1.165) is 16.7 Å². The molecule has 1 heterocycles. The molecule has 7 heteroatoms. The third-order valence-corrected chi connectivity index (χ3v) is 7.20. The molecule has 7 nitrogen and oxygen atoms in total. The normalized spacial score (nSPS) is 22.5. The monoisotopic (exact) mass is 562 g/mol. The molecule has 0 saturated carbocycles. The number of carbonyl (C=O) groups excluding carboxylic acids is 1. The lowest BCUT2D eigenvalue weighted by Gasteiger charge is -2.37. The number of hydrogen-bond donors (Lipinski definition) is 0. The summed E-state index contributed by atoms with van der Waals surface area (Å²) in [5.74, 6) is -0.505. The van der Waals surface area contributed by atoms with Crippen LogP contribution in [0.5, 0.6) is 0 Å². The van der Waals surface area contributed by atoms with Crippen molar-refractivity contribution in [1.82, 2.24) is 0 Å². The van der Waals surface area contributed by atoms with Gasteiger partial charge in [-0.1, -0.05) is 93.6 Å². The molecule has 0 spiro atoms. The molecule has 0 aromatic heterocycles. The number of ether oxygens (including phenoxy) is 6. The van der Waals surface area contributed by atoms with Gasteiger partial charge in [-0.2, -0.15) is 0 Å². The summed E-state index contributed by atoms with van der Waals surface area (Å²) in [5.41, 5.74) is 2.15. The van der Waals surface area contributed by atoms with Crippen molar-refractivity contribution in [3.63, 3.8) is 0 Å². The lowest BCUT2D eigenvalue weighted by molar-refractivity contribution is -0.216. The lowest BCUT2D eigenvalue weighted by Crippen LogP contribution is -2.57. The zero-order chi connectivity index (χ0) is 29.3. The summed E-state index contributed by atoms with van der Waals surface area (Å²) in [6.07, 6.45) is -2.24. The maximum absolute atomic E-state index is 13.6. The zero-order valence-corrected chi connectivity index (χ0v) is 24.7. The predicted octanol–water partition coefficient (Wildman–Crippen LogP) is 6.09. The molecule has 0 aliphatic carbocycles. The molecule has 1 aliphatic heterocycles. The Bertz CT molecular complexity index is 1210. The lowest BCUT2D eigenvalue weighted by atomic mass is 9.87. The second-order valence-electron chi connectivity index (χ2n) is 11.3. The van der Waals surface area contributed by atoms with Gasteiger partial charge in [0.1, 0.15) is 12.2 Å².